The first-order chi connectivity index (χ1) is 9.63. The average molecular weight is 267 g/mol. The Kier molecular flexibility index (Phi) is 3.31. The second-order valence-electron chi connectivity index (χ2n) is 5.54. The first kappa shape index (κ1) is 12.9. The zero-order valence-corrected chi connectivity index (χ0v) is 11.8. The van der Waals surface area contributed by atoms with Gasteiger partial charge in [0.1, 0.15) is 5.82 Å². The Morgan fingerprint density at radius 2 is 1.75 bits per heavy atom. The van der Waals surface area contributed by atoms with Gasteiger partial charge in [0.05, 0.1) is 5.52 Å². The Morgan fingerprint density at radius 3 is 2.45 bits per heavy atom. The molecule has 0 spiro atoms. The van der Waals surface area contributed by atoms with Crippen molar-refractivity contribution in [1.29, 1.82) is 0 Å². The van der Waals surface area contributed by atoms with Crippen LogP contribution in [0.15, 0.2) is 54.7 Å². The third-order valence-electron chi connectivity index (χ3n) is 3.74. The normalized spacial score (nSPS) is 11.4. The molecule has 1 heterocycles. The molecule has 0 amide bonds. The molecule has 0 unspecified atom stereocenters. The van der Waals surface area contributed by atoms with Gasteiger partial charge in [0.15, 0.2) is 0 Å². The van der Waals surface area contributed by atoms with Gasteiger partial charge in [-0.05, 0) is 46.7 Å². The van der Waals surface area contributed by atoms with E-state index in [9.17, 15) is 4.39 Å². The van der Waals surface area contributed by atoms with Crippen molar-refractivity contribution in [1.82, 2.24) is 4.57 Å². The van der Waals surface area contributed by atoms with Crippen LogP contribution in [-0.2, 0) is 6.54 Å². The van der Waals surface area contributed by atoms with E-state index in [0.717, 1.165) is 17.4 Å². The zero-order valence-electron chi connectivity index (χ0n) is 11.8. The predicted molar refractivity (Wildman–Crippen MR) is 81.5 cm³/mol. The maximum absolute atomic E-state index is 13.4. The van der Waals surface area contributed by atoms with E-state index in [4.69, 9.17) is 0 Å². The van der Waals surface area contributed by atoms with Crippen molar-refractivity contribution in [3.8, 4) is 0 Å². The average Bonchev–Trinajstić information content (AvgIpc) is 2.82. The third kappa shape index (κ3) is 2.46. The fraction of sp³-hybridized carbons (Fsp3) is 0.222. The maximum atomic E-state index is 13.4. The van der Waals surface area contributed by atoms with Crippen molar-refractivity contribution >= 4 is 10.9 Å². The van der Waals surface area contributed by atoms with Gasteiger partial charge in [-0.25, -0.2) is 4.39 Å². The lowest BCUT2D eigenvalue weighted by molar-refractivity contribution is 0.628. The number of aromatic nitrogens is 1. The van der Waals surface area contributed by atoms with Crippen molar-refractivity contribution in [2.75, 3.05) is 0 Å². The molecular formula is C18H18FN. The zero-order chi connectivity index (χ0) is 14.1. The Morgan fingerprint density at radius 1 is 1.00 bits per heavy atom. The highest BCUT2D eigenvalue weighted by Gasteiger charge is 2.04. The summed E-state index contributed by atoms with van der Waals surface area (Å²) in [5.74, 6) is 0.359. The molecule has 20 heavy (non-hydrogen) atoms. The molecule has 1 nitrogen and oxygen atoms in total. The lowest BCUT2D eigenvalue weighted by Gasteiger charge is -2.09. The fourth-order valence-corrected chi connectivity index (χ4v) is 2.50. The van der Waals surface area contributed by atoms with Gasteiger partial charge in [-0.15, -0.1) is 0 Å². The van der Waals surface area contributed by atoms with E-state index < -0.39 is 0 Å². The number of rotatable bonds is 3. The van der Waals surface area contributed by atoms with E-state index >= 15 is 0 Å². The van der Waals surface area contributed by atoms with Gasteiger partial charge in [-0.3, -0.25) is 0 Å². The molecule has 102 valence electrons. The quantitative estimate of drug-likeness (QED) is 0.632. The van der Waals surface area contributed by atoms with Crippen molar-refractivity contribution in [2.24, 2.45) is 0 Å². The second kappa shape index (κ2) is 5.12. The van der Waals surface area contributed by atoms with Gasteiger partial charge in [-0.1, -0.05) is 38.1 Å². The summed E-state index contributed by atoms with van der Waals surface area (Å²) in [4.78, 5) is 0. The summed E-state index contributed by atoms with van der Waals surface area (Å²) in [7, 11) is 0. The van der Waals surface area contributed by atoms with E-state index in [1.54, 1.807) is 6.07 Å². The van der Waals surface area contributed by atoms with Crippen LogP contribution >= 0.6 is 0 Å². The van der Waals surface area contributed by atoms with Crippen molar-refractivity contribution in [3.63, 3.8) is 0 Å². The summed E-state index contributed by atoms with van der Waals surface area (Å²) in [5, 5.41) is 1.07. The van der Waals surface area contributed by atoms with Gasteiger partial charge in [0, 0.05) is 12.7 Å². The largest absolute Gasteiger partial charge is 0.343 e. The van der Waals surface area contributed by atoms with Crippen molar-refractivity contribution in [3.05, 3.63) is 71.7 Å². The highest BCUT2D eigenvalue weighted by atomic mass is 19.1. The molecule has 0 N–H and O–H groups in total. The molecule has 2 heteroatoms. The molecule has 0 aliphatic heterocycles. The summed E-state index contributed by atoms with van der Waals surface area (Å²) in [6.07, 6.45) is 2.01. The van der Waals surface area contributed by atoms with Gasteiger partial charge >= 0.3 is 0 Å². The third-order valence-corrected chi connectivity index (χ3v) is 3.74. The standard InChI is InChI=1S/C18H18FN/c1-13(2)15-5-3-14(4-6-15)12-20-10-9-16-7-8-17(19)11-18(16)20/h3-11,13H,12H2,1-2H3. The molecule has 3 rings (SSSR count). The summed E-state index contributed by atoms with van der Waals surface area (Å²) >= 11 is 0. The van der Waals surface area contributed by atoms with Crippen LogP contribution in [0, 0.1) is 5.82 Å². The second-order valence-corrected chi connectivity index (χ2v) is 5.54. The summed E-state index contributed by atoms with van der Waals surface area (Å²) in [6, 6.07) is 15.6. The van der Waals surface area contributed by atoms with Gasteiger partial charge < -0.3 is 4.57 Å². The van der Waals surface area contributed by atoms with Crippen LogP contribution in [-0.4, -0.2) is 4.57 Å². The Bertz CT molecular complexity index is 723. The lowest BCUT2D eigenvalue weighted by atomic mass is 10.0. The Labute approximate surface area is 118 Å². The van der Waals surface area contributed by atoms with E-state index in [1.807, 2.05) is 18.3 Å². The molecule has 0 bridgehead atoms. The van der Waals surface area contributed by atoms with Crippen LogP contribution in [0.2, 0.25) is 0 Å². The minimum atomic E-state index is -0.187. The lowest BCUT2D eigenvalue weighted by Crippen LogP contribution is -1.98. The van der Waals surface area contributed by atoms with Gasteiger partial charge in [-0.2, -0.15) is 0 Å². The number of nitrogens with zero attached hydrogens (tertiary/aromatic N) is 1. The van der Waals surface area contributed by atoms with Crippen LogP contribution in [0.25, 0.3) is 10.9 Å². The number of hydrogen-bond donors (Lipinski definition) is 0. The van der Waals surface area contributed by atoms with E-state index in [0.29, 0.717) is 5.92 Å². The molecule has 0 saturated heterocycles. The monoisotopic (exact) mass is 267 g/mol. The fourth-order valence-electron chi connectivity index (χ4n) is 2.50. The van der Waals surface area contributed by atoms with Crippen LogP contribution < -0.4 is 0 Å². The smallest absolute Gasteiger partial charge is 0.125 e. The highest BCUT2D eigenvalue weighted by Crippen LogP contribution is 2.20. The van der Waals surface area contributed by atoms with E-state index in [2.05, 4.69) is 42.7 Å². The maximum Gasteiger partial charge on any atom is 0.125 e. The molecule has 1 aromatic heterocycles. The van der Waals surface area contributed by atoms with Crippen LogP contribution in [0.4, 0.5) is 4.39 Å². The van der Waals surface area contributed by atoms with Crippen LogP contribution in [0.5, 0.6) is 0 Å². The first-order valence-corrected chi connectivity index (χ1v) is 6.97. The molecule has 0 atom stereocenters. The van der Waals surface area contributed by atoms with E-state index in [-0.39, 0.29) is 5.82 Å². The van der Waals surface area contributed by atoms with Crippen LogP contribution in [0.3, 0.4) is 0 Å². The molecule has 0 radical (unpaired) electrons. The topological polar surface area (TPSA) is 4.93 Å². The summed E-state index contributed by atoms with van der Waals surface area (Å²) in [6.45, 7) is 5.15. The molecular weight excluding hydrogens is 249 g/mol. The molecule has 2 aromatic carbocycles. The number of fused-ring (bicyclic) bond motifs is 1. The molecule has 3 aromatic rings. The SMILES string of the molecule is CC(C)c1ccc(Cn2ccc3ccc(F)cc32)cc1. The highest BCUT2D eigenvalue weighted by molar-refractivity contribution is 5.80. The molecule has 0 aliphatic rings. The minimum absolute atomic E-state index is 0.187. The van der Waals surface area contributed by atoms with Crippen LogP contribution in [0.1, 0.15) is 30.9 Å². The number of hydrogen-bond acceptors (Lipinski definition) is 0. The van der Waals surface area contributed by atoms with Gasteiger partial charge in [0.2, 0.25) is 0 Å². The van der Waals surface area contributed by atoms with Crippen molar-refractivity contribution < 1.29 is 4.39 Å². The number of benzene rings is 2. The first-order valence-electron chi connectivity index (χ1n) is 6.97. The molecule has 0 saturated carbocycles. The molecule has 0 aliphatic carbocycles. The minimum Gasteiger partial charge on any atom is -0.343 e. The Balaban J connectivity index is 1.91. The predicted octanol–water partition coefficient (Wildman–Crippen LogP) is 4.95. The summed E-state index contributed by atoms with van der Waals surface area (Å²) < 4.78 is 15.4. The summed E-state index contributed by atoms with van der Waals surface area (Å²) in [5.41, 5.74) is 3.52. The van der Waals surface area contributed by atoms with E-state index in [1.165, 1.54) is 17.2 Å². The number of halogens is 1. The van der Waals surface area contributed by atoms with Crippen molar-refractivity contribution in [2.45, 2.75) is 26.3 Å². The molecule has 0 fully saturated rings. The van der Waals surface area contributed by atoms with Gasteiger partial charge in [0.25, 0.3) is 0 Å². The Hall–Kier alpha value is -2.09.